The topological polar surface area (TPSA) is 42.7 Å². The number of aryl methyl sites for hydroxylation is 1. The molecule has 126 valence electrons. The first-order valence-electron chi connectivity index (χ1n) is 8.50. The van der Waals surface area contributed by atoms with Crippen molar-refractivity contribution in [1.29, 1.82) is 0 Å². The van der Waals surface area contributed by atoms with Gasteiger partial charge in [-0.05, 0) is 47.5 Å². The van der Waals surface area contributed by atoms with Gasteiger partial charge in [0.05, 0.1) is 12.3 Å². The normalized spacial score (nSPS) is 19.9. The zero-order chi connectivity index (χ0) is 16.4. The number of fused-ring (bicyclic) bond motifs is 1. The maximum absolute atomic E-state index is 5.61. The average molecular weight is 381 g/mol. The maximum atomic E-state index is 5.61. The number of anilines is 1. The largest absolute Gasteiger partial charge is 0.381 e. The molecule has 2 aliphatic heterocycles. The van der Waals surface area contributed by atoms with Gasteiger partial charge in [0.25, 0.3) is 0 Å². The van der Waals surface area contributed by atoms with E-state index in [1.165, 1.54) is 19.3 Å². The van der Waals surface area contributed by atoms with Crippen LogP contribution in [-0.4, -0.2) is 40.7 Å². The van der Waals surface area contributed by atoms with Crippen LogP contribution in [0.1, 0.15) is 38.8 Å². The van der Waals surface area contributed by atoms with Crippen molar-refractivity contribution in [3.63, 3.8) is 0 Å². The molecule has 2 saturated heterocycles. The van der Waals surface area contributed by atoms with Crippen LogP contribution >= 0.6 is 15.9 Å². The molecular weight excluding hydrogens is 356 g/mol. The summed E-state index contributed by atoms with van der Waals surface area (Å²) in [5.41, 5.74) is 2.36. The summed E-state index contributed by atoms with van der Waals surface area (Å²) in [5.74, 6) is 1.01. The van der Waals surface area contributed by atoms with Gasteiger partial charge in [-0.25, -0.2) is 9.97 Å². The van der Waals surface area contributed by atoms with Crippen molar-refractivity contribution in [1.82, 2.24) is 14.4 Å². The summed E-state index contributed by atoms with van der Waals surface area (Å²) >= 11 is 3.59. The van der Waals surface area contributed by atoms with Crippen molar-refractivity contribution < 1.29 is 4.74 Å². The number of piperidine rings is 1. The first kappa shape index (κ1) is 16.7. The molecule has 0 aromatic carbocycles. The number of hydrogen-bond donors (Lipinski definition) is 0. The molecule has 4 rings (SSSR count). The minimum atomic E-state index is 0.423. The van der Waals surface area contributed by atoms with Crippen molar-refractivity contribution in [3.05, 3.63) is 22.7 Å². The standard InChI is InChI=1S/C15H19BrN4O.C2H6/c1-11-12(16)20-8-5-17-13(20)14(18-11)19-6-2-15(3-7-19)4-9-21-10-15;1-2/h5,8H,2-4,6-7,9-10H2,1H3;1-2H3. The molecule has 2 aliphatic rings. The molecule has 2 aromatic heterocycles. The van der Waals surface area contributed by atoms with E-state index in [9.17, 15) is 0 Å². The smallest absolute Gasteiger partial charge is 0.181 e. The molecule has 5 nitrogen and oxygen atoms in total. The van der Waals surface area contributed by atoms with E-state index in [-0.39, 0.29) is 0 Å². The molecule has 0 atom stereocenters. The van der Waals surface area contributed by atoms with Crippen molar-refractivity contribution in [3.8, 4) is 0 Å². The van der Waals surface area contributed by atoms with Gasteiger partial charge in [-0.15, -0.1) is 0 Å². The lowest BCUT2D eigenvalue weighted by atomic mass is 9.78. The third kappa shape index (κ3) is 2.98. The van der Waals surface area contributed by atoms with Crippen LogP contribution in [0.3, 0.4) is 0 Å². The summed E-state index contributed by atoms with van der Waals surface area (Å²) in [5, 5.41) is 0. The molecule has 1 spiro atoms. The van der Waals surface area contributed by atoms with Gasteiger partial charge in [0.1, 0.15) is 4.60 Å². The molecule has 0 N–H and O–H groups in total. The van der Waals surface area contributed by atoms with Crippen molar-refractivity contribution in [2.45, 2.75) is 40.0 Å². The lowest BCUT2D eigenvalue weighted by molar-refractivity contribution is 0.133. The van der Waals surface area contributed by atoms with Crippen molar-refractivity contribution >= 4 is 27.4 Å². The first-order chi connectivity index (χ1) is 11.2. The Morgan fingerprint density at radius 1 is 1.22 bits per heavy atom. The minimum absolute atomic E-state index is 0.423. The second-order valence-corrected chi connectivity index (χ2v) is 6.97. The summed E-state index contributed by atoms with van der Waals surface area (Å²) in [6.45, 7) is 9.98. The summed E-state index contributed by atoms with van der Waals surface area (Å²) in [4.78, 5) is 11.6. The Bertz CT molecular complexity index is 669. The van der Waals surface area contributed by atoms with Crippen LogP contribution in [0.15, 0.2) is 17.0 Å². The van der Waals surface area contributed by atoms with Crippen LogP contribution in [0.4, 0.5) is 5.82 Å². The Hall–Kier alpha value is -1.14. The molecule has 0 unspecified atom stereocenters. The molecule has 0 amide bonds. The van der Waals surface area contributed by atoms with Crippen LogP contribution < -0.4 is 4.90 Å². The molecule has 0 bridgehead atoms. The summed E-state index contributed by atoms with van der Waals surface area (Å²) < 4.78 is 8.67. The predicted octanol–water partition coefficient (Wildman–Crippen LogP) is 3.83. The Morgan fingerprint density at radius 3 is 2.61 bits per heavy atom. The van der Waals surface area contributed by atoms with Crippen LogP contribution in [0, 0.1) is 12.3 Å². The van der Waals surface area contributed by atoms with Gasteiger partial charge in [-0.2, -0.15) is 0 Å². The Kier molecular flexibility index (Phi) is 4.92. The summed E-state index contributed by atoms with van der Waals surface area (Å²) in [7, 11) is 0. The number of ether oxygens (including phenoxy) is 1. The van der Waals surface area contributed by atoms with Crippen LogP contribution in [0.25, 0.3) is 5.65 Å². The van der Waals surface area contributed by atoms with Gasteiger partial charge in [0, 0.05) is 32.1 Å². The van der Waals surface area contributed by atoms with Gasteiger partial charge in [-0.3, -0.25) is 4.40 Å². The Morgan fingerprint density at radius 2 is 1.96 bits per heavy atom. The molecule has 0 saturated carbocycles. The number of nitrogens with zero attached hydrogens (tertiary/aromatic N) is 4. The fourth-order valence-corrected chi connectivity index (χ4v) is 3.88. The molecule has 4 heterocycles. The van der Waals surface area contributed by atoms with E-state index in [2.05, 4.69) is 30.2 Å². The molecule has 0 radical (unpaired) electrons. The fraction of sp³-hybridized carbons (Fsp3) is 0.647. The molecule has 0 aliphatic carbocycles. The average Bonchev–Trinajstić information content (AvgIpc) is 3.24. The number of hydrogen-bond acceptors (Lipinski definition) is 4. The first-order valence-corrected chi connectivity index (χ1v) is 9.30. The van der Waals surface area contributed by atoms with Crippen molar-refractivity contribution in [2.24, 2.45) is 5.41 Å². The SMILES string of the molecule is CC.Cc1nc(N2CCC3(CCOC3)CC2)c2nccn2c1Br. The quantitative estimate of drug-likeness (QED) is 0.753. The highest BCUT2D eigenvalue weighted by Gasteiger charge is 2.38. The number of halogens is 1. The Labute approximate surface area is 146 Å². The molecular formula is C17H25BrN4O. The molecule has 6 heteroatoms. The highest BCUT2D eigenvalue weighted by Crippen LogP contribution is 2.40. The highest BCUT2D eigenvalue weighted by atomic mass is 79.9. The second-order valence-electron chi connectivity index (χ2n) is 6.22. The minimum Gasteiger partial charge on any atom is -0.381 e. The van der Waals surface area contributed by atoms with E-state index in [1.54, 1.807) is 0 Å². The number of rotatable bonds is 1. The second kappa shape index (κ2) is 6.77. The predicted molar refractivity (Wildman–Crippen MR) is 96.1 cm³/mol. The molecule has 2 aromatic rings. The van der Waals surface area contributed by atoms with E-state index in [0.717, 1.165) is 48.1 Å². The lowest BCUT2D eigenvalue weighted by Gasteiger charge is -2.39. The van der Waals surface area contributed by atoms with E-state index >= 15 is 0 Å². The highest BCUT2D eigenvalue weighted by molar-refractivity contribution is 9.10. The number of imidazole rings is 1. The summed E-state index contributed by atoms with van der Waals surface area (Å²) in [6, 6.07) is 0. The van der Waals surface area contributed by atoms with Crippen LogP contribution in [-0.2, 0) is 4.74 Å². The van der Waals surface area contributed by atoms with Crippen LogP contribution in [0.5, 0.6) is 0 Å². The zero-order valence-electron chi connectivity index (χ0n) is 14.2. The van der Waals surface area contributed by atoms with Gasteiger partial charge in [-0.1, -0.05) is 13.8 Å². The van der Waals surface area contributed by atoms with Gasteiger partial charge < -0.3 is 9.64 Å². The van der Waals surface area contributed by atoms with Gasteiger partial charge >= 0.3 is 0 Å². The monoisotopic (exact) mass is 380 g/mol. The molecule has 23 heavy (non-hydrogen) atoms. The van der Waals surface area contributed by atoms with Gasteiger partial charge in [0.15, 0.2) is 11.5 Å². The van der Waals surface area contributed by atoms with E-state index in [0.29, 0.717) is 5.41 Å². The molecule has 2 fully saturated rings. The van der Waals surface area contributed by atoms with Gasteiger partial charge in [0.2, 0.25) is 0 Å². The van der Waals surface area contributed by atoms with E-state index in [1.807, 2.05) is 33.2 Å². The van der Waals surface area contributed by atoms with Crippen molar-refractivity contribution in [2.75, 3.05) is 31.2 Å². The lowest BCUT2D eigenvalue weighted by Crippen LogP contribution is -2.41. The third-order valence-electron chi connectivity index (χ3n) is 4.93. The van der Waals surface area contributed by atoms with E-state index in [4.69, 9.17) is 9.72 Å². The number of aromatic nitrogens is 3. The van der Waals surface area contributed by atoms with Crippen LogP contribution in [0.2, 0.25) is 0 Å². The summed E-state index contributed by atoms with van der Waals surface area (Å²) in [6.07, 6.45) is 7.41. The maximum Gasteiger partial charge on any atom is 0.181 e. The van der Waals surface area contributed by atoms with E-state index < -0.39 is 0 Å². The fourth-order valence-electron chi connectivity index (χ4n) is 3.51. The zero-order valence-corrected chi connectivity index (χ0v) is 15.8. The Balaban J connectivity index is 0.000000753. The third-order valence-corrected chi connectivity index (χ3v) is 5.89.